The van der Waals surface area contributed by atoms with Crippen LogP contribution in [0.2, 0.25) is 0 Å². The van der Waals surface area contributed by atoms with Crippen molar-refractivity contribution in [1.29, 1.82) is 0 Å². The van der Waals surface area contributed by atoms with Gasteiger partial charge in [0.25, 0.3) is 5.69 Å². The first-order chi connectivity index (χ1) is 11.6. The Morgan fingerprint density at radius 2 is 1.92 bits per heavy atom. The minimum absolute atomic E-state index is 0.0119. The number of allylic oxidation sites excluding steroid dienone is 1. The van der Waals surface area contributed by atoms with Crippen LogP contribution in [0, 0.1) is 10.1 Å². The van der Waals surface area contributed by atoms with Crippen molar-refractivity contribution in [3.63, 3.8) is 0 Å². The Labute approximate surface area is 139 Å². The fourth-order valence-electron chi connectivity index (χ4n) is 1.97. The Kier molecular flexibility index (Phi) is 6.22. The van der Waals surface area contributed by atoms with Crippen molar-refractivity contribution in [3.8, 4) is 5.75 Å². The molecule has 0 aromatic heterocycles. The van der Waals surface area contributed by atoms with Gasteiger partial charge in [-0.05, 0) is 35.9 Å². The maximum Gasteiger partial charge on any atom is 0.270 e. The van der Waals surface area contributed by atoms with Crippen LogP contribution >= 0.6 is 0 Å². The summed E-state index contributed by atoms with van der Waals surface area (Å²) in [5, 5.41) is 10.7. The van der Waals surface area contributed by atoms with E-state index < -0.39 is 4.92 Å². The average molecular weight is 327 g/mol. The molecule has 0 aliphatic rings. The summed E-state index contributed by atoms with van der Waals surface area (Å²) in [5.74, 6) is 0.469. The van der Waals surface area contributed by atoms with Gasteiger partial charge in [-0.15, -0.1) is 0 Å². The first kappa shape index (κ1) is 17.4. The molecule has 0 saturated heterocycles. The molecule has 0 radical (unpaired) electrons. The Morgan fingerprint density at radius 1 is 1.17 bits per heavy atom. The van der Waals surface area contributed by atoms with Gasteiger partial charge in [0.15, 0.2) is 5.78 Å². The number of carbonyl (C=O) groups is 1. The first-order valence-electron chi connectivity index (χ1n) is 7.29. The summed E-state index contributed by atoms with van der Waals surface area (Å²) in [6.45, 7) is 0.934. The Hall–Kier alpha value is -2.99. The number of ether oxygens (including phenoxy) is 2. The number of nitro groups is 1. The quantitative estimate of drug-likeness (QED) is 0.244. The lowest BCUT2D eigenvalue weighted by molar-refractivity contribution is -0.384. The molecule has 0 atom stereocenters. The van der Waals surface area contributed by atoms with Gasteiger partial charge >= 0.3 is 0 Å². The van der Waals surface area contributed by atoms with E-state index in [1.165, 1.54) is 18.2 Å². The molecule has 0 aliphatic heterocycles. The van der Waals surface area contributed by atoms with Crippen molar-refractivity contribution in [1.82, 2.24) is 0 Å². The summed E-state index contributed by atoms with van der Waals surface area (Å²) < 4.78 is 10.3. The summed E-state index contributed by atoms with van der Waals surface area (Å²) in [7, 11) is 1.60. The van der Waals surface area contributed by atoms with Crippen LogP contribution in [0.3, 0.4) is 0 Å². The molecule has 24 heavy (non-hydrogen) atoms. The predicted octanol–water partition coefficient (Wildman–Crippen LogP) is 3.52. The summed E-state index contributed by atoms with van der Waals surface area (Å²) in [6, 6.07) is 12.9. The van der Waals surface area contributed by atoms with Crippen LogP contribution in [0.5, 0.6) is 5.75 Å². The van der Waals surface area contributed by atoms with Crippen molar-refractivity contribution in [2.24, 2.45) is 0 Å². The third-order valence-corrected chi connectivity index (χ3v) is 3.20. The van der Waals surface area contributed by atoms with Crippen molar-refractivity contribution in [2.45, 2.75) is 0 Å². The van der Waals surface area contributed by atoms with E-state index in [1.807, 2.05) is 0 Å². The van der Waals surface area contributed by atoms with Gasteiger partial charge in [-0.2, -0.15) is 0 Å². The van der Waals surface area contributed by atoms with Gasteiger partial charge in [0.2, 0.25) is 0 Å². The number of rotatable bonds is 8. The molecule has 6 heteroatoms. The van der Waals surface area contributed by atoms with E-state index in [9.17, 15) is 14.9 Å². The highest BCUT2D eigenvalue weighted by atomic mass is 16.6. The molecule has 0 amide bonds. The predicted molar refractivity (Wildman–Crippen MR) is 90.3 cm³/mol. The Bertz CT molecular complexity index is 737. The van der Waals surface area contributed by atoms with E-state index in [-0.39, 0.29) is 11.5 Å². The summed E-state index contributed by atoms with van der Waals surface area (Å²) >= 11 is 0. The maximum atomic E-state index is 12.1. The molecular weight excluding hydrogens is 310 g/mol. The Morgan fingerprint density at radius 3 is 2.58 bits per heavy atom. The van der Waals surface area contributed by atoms with Crippen LogP contribution in [0.1, 0.15) is 15.9 Å². The molecule has 2 rings (SSSR count). The normalized spacial score (nSPS) is 10.7. The number of hydrogen-bond acceptors (Lipinski definition) is 5. The lowest BCUT2D eigenvalue weighted by Crippen LogP contribution is -2.04. The second-order valence-electron chi connectivity index (χ2n) is 4.92. The number of nitro benzene ring substituents is 1. The molecule has 0 unspecified atom stereocenters. The van der Waals surface area contributed by atoms with Gasteiger partial charge in [0.1, 0.15) is 12.4 Å². The average Bonchev–Trinajstić information content (AvgIpc) is 2.60. The highest BCUT2D eigenvalue weighted by Crippen LogP contribution is 2.16. The van der Waals surface area contributed by atoms with Crippen molar-refractivity contribution >= 4 is 17.5 Å². The number of non-ortho nitro benzene ring substituents is 1. The second-order valence-corrected chi connectivity index (χ2v) is 4.92. The number of benzene rings is 2. The number of ketones is 1. The zero-order chi connectivity index (χ0) is 17.4. The van der Waals surface area contributed by atoms with Crippen molar-refractivity contribution < 1.29 is 19.2 Å². The van der Waals surface area contributed by atoms with Crippen LogP contribution in [0.25, 0.3) is 6.08 Å². The van der Waals surface area contributed by atoms with Gasteiger partial charge in [-0.1, -0.05) is 18.2 Å². The standard InChI is InChI=1S/C18H17NO5/c1-23-11-12-24-17-8-6-15(7-9-17)18(20)10-5-14-3-2-4-16(13-14)19(21)22/h2-10,13H,11-12H2,1H3/b10-5+. The molecule has 124 valence electrons. The molecule has 0 bridgehead atoms. The minimum Gasteiger partial charge on any atom is -0.491 e. The van der Waals surface area contributed by atoms with Crippen molar-refractivity contribution in [2.75, 3.05) is 20.3 Å². The van der Waals surface area contributed by atoms with Crippen molar-refractivity contribution in [3.05, 3.63) is 75.8 Å². The largest absolute Gasteiger partial charge is 0.491 e. The molecule has 2 aromatic rings. The minimum atomic E-state index is -0.471. The first-order valence-corrected chi connectivity index (χ1v) is 7.29. The molecule has 0 fully saturated rings. The molecule has 6 nitrogen and oxygen atoms in total. The molecule has 0 saturated carbocycles. The number of hydrogen-bond donors (Lipinski definition) is 0. The van der Waals surface area contributed by atoms with Crippen LogP contribution in [-0.4, -0.2) is 31.0 Å². The highest BCUT2D eigenvalue weighted by molar-refractivity contribution is 6.06. The molecule has 2 aromatic carbocycles. The second kappa shape index (κ2) is 8.59. The lowest BCUT2D eigenvalue weighted by Gasteiger charge is -2.05. The van der Waals surface area contributed by atoms with E-state index in [1.54, 1.807) is 49.6 Å². The van der Waals surface area contributed by atoms with Crippen LogP contribution in [-0.2, 0) is 4.74 Å². The van der Waals surface area contributed by atoms with E-state index in [2.05, 4.69) is 0 Å². The Balaban J connectivity index is 2.01. The van der Waals surface area contributed by atoms with Gasteiger partial charge in [0, 0.05) is 24.8 Å². The topological polar surface area (TPSA) is 78.7 Å². The molecule has 0 heterocycles. The summed E-state index contributed by atoms with van der Waals surface area (Å²) in [6.07, 6.45) is 2.94. The summed E-state index contributed by atoms with van der Waals surface area (Å²) in [4.78, 5) is 22.4. The van der Waals surface area contributed by atoms with Crippen LogP contribution < -0.4 is 4.74 Å². The SMILES string of the molecule is COCCOc1ccc(C(=O)/C=C/c2cccc([N+](=O)[O-])c2)cc1. The van der Waals surface area contributed by atoms with E-state index in [4.69, 9.17) is 9.47 Å². The van der Waals surface area contributed by atoms with Gasteiger partial charge in [-0.25, -0.2) is 0 Å². The monoisotopic (exact) mass is 327 g/mol. The van der Waals surface area contributed by atoms with Crippen LogP contribution in [0.15, 0.2) is 54.6 Å². The maximum absolute atomic E-state index is 12.1. The van der Waals surface area contributed by atoms with E-state index in [0.29, 0.717) is 30.1 Å². The molecule has 0 spiro atoms. The zero-order valence-electron chi connectivity index (χ0n) is 13.2. The smallest absolute Gasteiger partial charge is 0.270 e. The highest BCUT2D eigenvalue weighted by Gasteiger charge is 2.05. The van der Waals surface area contributed by atoms with E-state index >= 15 is 0 Å². The fraction of sp³-hybridized carbons (Fsp3) is 0.167. The molecular formula is C18H17NO5. The molecule has 0 aliphatic carbocycles. The van der Waals surface area contributed by atoms with Crippen LogP contribution in [0.4, 0.5) is 5.69 Å². The molecule has 0 N–H and O–H groups in total. The summed E-state index contributed by atoms with van der Waals surface area (Å²) in [5.41, 5.74) is 1.09. The number of methoxy groups -OCH3 is 1. The number of carbonyl (C=O) groups excluding carboxylic acids is 1. The third-order valence-electron chi connectivity index (χ3n) is 3.20. The zero-order valence-corrected chi connectivity index (χ0v) is 13.2. The lowest BCUT2D eigenvalue weighted by atomic mass is 10.1. The number of nitrogens with zero attached hydrogens (tertiary/aromatic N) is 1. The fourth-order valence-corrected chi connectivity index (χ4v) is 1.97. The van der Waals surface area contributed by atoms with Gasteiger partial charge in [-0.3, -0.25) is 14.9 Å². The third kappa shape index (κ3) is 5.03. The van der Waals surface area contributed by atoms with Gasteiger partial charge < -0.3 is 9.47 Å². The van der Waals surface area contributed by atoms with Gasteiger partial charge in [0.05, 0.1) is 11.5 Å². The van der Waals surface area contributed by atoms with E-state index in [0.717, 1.165) is 0 Å².